The summed E-state index contributed by atoms with van der Waals surface area (Å²) in [5.74, 6) is 0.932. The molecule has 0 radical (unpaired) electrons. The lowest BCUT2D eigenvalue weighted by atomic mass is 9.97. The van der Waals surface area contributed by atoms with E-state index in [-0.39, 0.29) is 0 Å². The normalized spacial score (nSPS) is 12.6. The van der Waals surface area contributed by atoms with Crippen LogP contribution in [0, 0.1) is 0 Å². The maximum atomic E-state index is 5.35. The van der Waals surface area contributed by atoms with E-state index in [9.17, 15) is 0 Å². The zero-order valence-corrected chi connectivity index (χ0v) is 27.5. The number of nitrogens with zero attached hydrogens (tertiary/aromatic N) is 3. The summed E-state index contributed by atoms with van der Waals surface area (Å²) < 4.78 is 4.81. The molecule has 3 nitrogen and oxygen atoms in total. The molecule has 10 rings (SSSR count). The molecule has 50 heavy (non-hydrogen) atoms. The van der Waals surface area contributed by atoms with Crippen molar-refractivity contribution in [2.45, 2.75) is 12.8 Å². The molecule has 236 valence electrons. The van der Waals surface area contributed by atoms with E-state index in [1.807, 2.05) is 0 Å². The lowest BCUT2D eigenvalue weighted by molar-refractivity contribution is 0.953. The van der Waals surface area contributed by atoms with Crippen molar-refractivity contribution in [2.24, 2.45) is 0 Å². The molecule has 1 aliphatic rings. The third-order valence-electron chi connectivity index (χ3n) is 10.2. The monoisotopic (exact) mass is 639 g/mol. The first-order valence-corrected chi connectivity index (χ1v) is 17.4. The quantitative estimate of drug-likeness (QED) is 0.184. The summed E-state index contributed by atoms with van der Waals surface area (Å²) in [5.41, 5.74) is 14.3. The minimum atomic E-state index is 0.932. The van der Waals surface area contributed by atoms with Gasteiger partial charge >= 0.3 is 0 Å². The molecule has 9 aromatic rings. The number of aryl methyl sites for hydroxylation is 1. The third kappa shape index (κ3) is 4.55. The van der Waals surface area contributed by atoms with Gasteiger partial charge in [-0.15, -0.1) is 0 Å². The number of para-hydroxylation sites is 3. The van der Waals surface area contributed by atoms with Gasteiger partial charge in [-0.05, 0) is 83.6 Å². The number of allylic oxidation sites excluding steroid dienone is 1. The van der Waals surface area contributed by atoms with Crippen molar-refractivity contribution in [1.29, 1.82) is 0 Å². The molecule has 0 saturated heterocycles. The van der Waals surface area contributed by atoms with Crippen molar-refractivity contribution < 1.29 is 0 Å². The number of benzene rings is 6. The molecule has 3 heterocycles. The lowest BCUT2D eigenvalue weighted by Crippen LogP contribution is -2.04. The van der Waals surface area contributed by atoms with Crippen LogP contribution in [0.3, 0.4) is 0 Å². The number of aromatic nitrogens is 3. The first-order chi connectivity index (χ1) is 24.8. The molecular weight excluding hydrogens is 607 g/mol. The van der Waals surface area contributed by atoms with E-state index in [0.29, 0.717) is 0 Å². The highest BCUT2D eigenvalue weighted by Crippen LogP contribution is 2.41. The highest BCUT2D eigenvalue weighted by atomic mass is 15.1. The molecule has 0 saturated carbocycles. The first-order valence-electron chi connectivity index (χ1n) is 17.4. The van der Waals surface area contributed by atoms with Crippen molar-refractivity contribution in [3.63, 3.8) is 0 Å². The van der Waals surface area contributed by atoms with Gasteiger partial charge in [0.1, 0.15) is 5.82 Å². The van der Waals surface area contributed by atoms with E-state index in [1.165, 1.54) is 66.3 Å². The number of fused-ring (bicyclic) bond motifs is 6. The summed E-state index contributed by atoms with van der Waals surface area (Å²) in [6, 6.07) is 58.9. The maximum absolute atomic E-state index is 5.35. The van der Waals surface area contributed by atoms with Crippen LogP contribution < -0.4 is 0 Å². The van der Waals surface area contributed by atoms with E-state index < -0.39 is 0 Å². The largest absolute Gasteiger partial charge is 0.309 e. The molecule has 0 spiro atoms. The summed E-state index contributed by atoms with van der Waals surface area (Å²) in [6.07, 6.45) is 6.63. The molecule has 3 heteroatoms. The molecule has 0 bridgehead atoms. The SMILES string of the molecule is C1=Cc2c(c3cc(-c4cccc5c6ccccc6n(-c6ccccc6)c45)ccc3n2-c2cc(-c3ccccc3)cc(-c3ccccc3)n2)CC1. The van der Waals surface area contributed by atoms with Gasteiger partial charge in [0.25, 0.3) is 0 Å². The highest BCUT2D eigenvalue weighted by molar-refractivity contribution is 6.14. The van der Waals surface area contributed by atoms with Crippen LogP contribution in [0.4, 0.5) is 0 Å². The van der Waals surface area contributed by atoms with Gasteiger partial charge < -0.3 is 4.57 Å². The standard InChI is InChI=1S/C47H33N3/c1-4-15-32(16-5-1)35-30-42(33-17-6-2-7-18-33)48-46(31-35)50-44-26-13-11-22-39(44)41-29-34(27-28-45(41)50)37-23-14-24-40-38-21-10-12-25-43(38)49(47(37)40)36-19-8-3-9-20-36/h1-10,12-21,23-31H,11,22H2. The number of rotatable bonds is 5. The van der Waals surface area contributed by atoms with Gasteiger partial charge in [-0.3, -0.25) is 4.57 Å². The second-order valence-electron chi connectivity index (χ2n) is 13.1. The van der Waals surface area contributed by atoms with E-state index >= 15 is 0 Å². The Balaban J connectivity index is 1.22. The molecule has 0 atom stereocenters. The van der Waals surface area contributed by atoms with E-state index in [4.69, 9.17) is 4.98 Å². The highest BCUT2D eigenvalue weighted by Gasteiger charge is 2.22. The molecule has 3 aromatic heterocycles. The summed E-state index contributed by atoms with van der Waals surface area (Å²) in [7, 11) is 0. The molecule has 6 aromatic carbocycles. The van der Waals surface area contributed by atoms with Gasteiger partial charge in [-0.25, -0.2) is 4.98 Å². The van der Waals surface area contributed by atoms with Gasteiger partial charge in [0, 0.05) is 33.0 Å². The van der Waals surface area contributed by atoms with Crippen LogP contribution in [-0.4, -0.2) is 14.1 Å². The van der Waals surface area contributed by atoms with Crippen LogP contribution in [0.5, 0.6) is 0 Å². The number of pyridine rings is 1. The summed E-state index contributed by atoms with van der Waals surface area (Å²) >= 11 is 0. The molecule has 0 unspecified atom stereocenters. The van der Waals surface area contributed by atoms with Gasteiger partial charge in [0.2, 0.25) is 0 Å². The Kier molecular flexibility index (Phi) is 6.63. The predicted molar refractivity (Wildman–Crippen MR) is 209 cm³/mol. The zero-order chi connectivity index (χ0) is 33.0. The van der Waals surface area contributed by atoms with Gasteiger partial charge in [0.05, 0.1) is 27.9 Å². The van der Waals surface area contributed by atoms with Crippen LogP contribution in [0.1, 0.15) is 17.7 Å². The van der Waals surface area contributed by atoms with Crippen molar-refractivity contribution in [2.75, 3.05) is 0 Å². The minimum absolute atomic E-state index is 0.932. The predicted octanol–water partition coefficient (Wildman–Crippen LogP) is 12.1. The molecular formula is C47H33N3. The molecule has 0 N–H and O–H groups in total. The van der Waals surface area contributed by atoms with Crippen LogP contribution >= 0.6 is 0 Å². The second-order valence-corrected chi connectivity index (χ2v) is 13.1. The van der Waals surface area contributed by atoms with E-state index in [0.717, 1.165) is 35.5 Å². The molecule has 0 aliphatic heterocycles. The Labute approximate surface area is 291 Å². The second kappa shape index (κ2) is 11.6. The Bertz CT molecular complexity index is 2670. The van der Waals surface area contributed by atoms with Gasteiger partial charge in [-0.2, -0.15) is 0 Å². The van der Waals surface area contributed by atoms with Crippen molar-refractivity contribution >= 4 is 38.8 Å². The Morgan fingerprint density at radius 3 is 2.00 bits per heavy atom. The average molecular weight is 640 g/mol. The van der Waals surface area contributed by atoms with E-state index in [1.54, 1.807) is 0 Å². The van der Waals surface area contributed by atoms with Crippen LogP contribution in [0.25, 0.3) is 83.8 Å². The fraction of sp³-hybridized carbons (Fsp3) is 0.0426. The number of hydrogen-bond acceptors (Lipinski definition) is 1. The van der Waals surface area contributed by atoms with Crippen LogP contribution in [0.15, 0.2) is 170 Å². The maximum Gasteiger partial charge on any atom is 0.138 e. The van der Waals surface area contributed by atoms with E-state index in [2.05, 4.69) is 185 Å². The van der Waals surface area contributed by atoms with Gasteiger partial charge in [0.15, 0.2) is 0 Å². The Hall–Kier alpha value is -6.45. The van der Waals surface area contributed by atoms with Crippen molar-refractivity contribution in [3.05, 3.63) is 181 Å². The fourth-order valence-corrected chi connectivity index (χ4v) is 7.93. The number of hydrogen-bond donors (Lipinski definition) is 0. The van der Waals surface area contributed by atoms with Crippen molar-refractivity contribution in [1.82, 2.24) is 14.1 Å². The topological polar surface area (TPSA) is 22.8 Å². The molecule has 1 aliphatic carbocycles. The lowest BCUT2D eigenvalue weighted by Gasteiger charge is -2.15. The first kappa shape index (κ1) is 28.6. The van der Waals surface area contributed by atoms with Crippen LogP contribution in [-0.2, 0) is 6.42 Å². The van der Waals surface area contributed by atoms with Crippen LogP contribution in [0.2, 0.25) is 0 Å². The smallest absolute Gasteiger partial charge is 0.138 e. The molecule has 0 amide bonds. The summed E-state index contributed by atoms with van der Waals surface area (Å²) in [6.45, 7) is 0. The van der Waals surface area contributed by atoms with Gasteiger partial charge in [-0.1, -0.05) is 127 Å². The summed E-state index contributed by atoms with van der Waals surface area (Å²) in [4.78, 5) is 5.35. The summed E-state index contributed by atoms with van der Waals surface area (Å²) in [5, 5.41) is 3.82. The Morgan fingerprint density at radius 1 is 0.480 bits per heavy atom. The fourth-order valence-electron chi connectivity index (χ4n) is 7.93. The average Bonchev–Trinajstić information content (AvgIpc) is 3.71. The molecule has 0 fully saturated rings. The third-order valence-corrected chi connectivity index (χ3v) is 10.2. The minimum Gasteiger partial charge on any atom is -0.309 e. The van der Waals surface area contributed by atoms with Crippen molar-refractivity contribution in [3.8, 4) is 45.0 Å². The zero-order valence-electron chi connectivity index (χ0n) is 27.5. The Morgan fingerprint density at radius 2 is 1.18 bits per heavy atom.